The first-order chi connectivity index (χ1) is 14.7. The Labute approximate surface area is 193 Å². The monoisotopic (exact) mass is 501 g/mol. The fourth-order valence-electron chi connectivity index (χ4n) is 3.75. The summed E-state index contributed by atoms with van der Waals surface area (Å²) in [5, 5.41) is 4.85. The Kier molecular flexibility index (Phi) is 5.85. The number of piperazine rings is 1. The number of rotatable bonds is 3. The van der Waals surface area contributed by atoms with Gasteiger partial charge in [-0.3, -0.25) is 9.59 Å². The van der Waals surface area contributed by atoms with Crippen LogP contribution in [0, 0.1) is 0 Å². The molecule has 0 spiro atoms. The molecule has 9 heteroatoms. The highest BCUT2D eigenvalue weighted by Gasteiger charge is 2.40. The van der Waals surface area contributed by atoms with E-state index in [9.17, 15) is 9.59 Å². The number of nitrogens with zero attached hydrogens (tertiary/aromatic N) is 5. The van der Waals surface area contributed by atoms with Crippen LogP contribution in [0.4, 0.5) is 0 Å². The topological polar surface area (TPSA) is 71.3 Å². The van der Waals surface area contributed by atoms with Crippen molar-refractivity contribution in [2.24, 2.45) is 0 Å². The number of amides is 2. The van der Waals surface area contributed by atoms with Crippen molar-refractivity contribution in [3.8, 4) is 5.69 Å². The van der Waals surface area contributed by atoms with Gasteiger partial charge in [-0.2, -0.15) is 0 Å². The van der Waals surface area contributed by atoms with Gasteiger partial charge in [0.1, 0.15) is 6.33 Å². The first-order valence-electron chi connectivity index (χ1n) is 9.79. The largest absolute Gasteiger partial charge is 0.335 e. The first kappa shape index (κ1) is 21.5. The van der Waals surface area contributed by atoms with Gasteiger partial charge in [-0.05, 0) is 44.2 Å². The Balaban J connectivity index is 1.50. The molecule has 0 radical (unpaired) electrons. The molecular formula is C22H21BrClN5O2. The lowest BCUT2D eigenvalue weighted by atomic mass is 9.97. The minimum absolute atomic E-state index is 0.116. The lowest BCUT2D eigenvalue weighted by Gasteiger charge is -2.46. The SMILES string of the molecule is CC1(C)CN(C(=O)c2cc(Cl)cc(Br)c2)CCN1C(=O)c1ncn(-c2ccccc2)n1. The zero-order valence-electron chi connectivity index (χ0n) is 17.1. The first-order valence-corrected chi connectivity index (χ1v) is 11.0. The summed E-state index contributed by atoms with van der Waals surface area (Å²) in [5.41, 5.74) is 0.758. The minimum Gasteiger partial charge on any atom is -0.335 e. The Morgan fingerprint density at radius 1 is 1.06 bits per heavy atom. The van der Waals surface area contributed by atoms with E-state index in [0.717, 1.165) is 10.2 Å². The molecule has 0 bridgehead atoms. The van der Waals surface area contributed by atoms with Crippen molar-refractivity contribution >= 4 is 39.3 Å². The Bertz CT molecular complexity index is 1110. The Morgan fingerprint density at radius 3 is 2.48 bits per heavy atom. The van der Waals surface area contributed by atoms with Gasteiger partial charge in [0.25, 0.3) is 11.8 Å². The summed E-state index contributed by atoms with van der Waals surface area (Å²) in [4.78, 5) is 33.9. The van der Waals surface area contributed by atoms with Crippen LogP contribution < -0.4 is 0 Å². The van der Waals surface area contributed by atoms with Gasteiger partial charge in [0, 0.05) is 34.7 Å². The predicted octanol–water partition coefficient (Wildman–Crippen LogP) is 4.06. The van der Waals surface area contributed by atoms with Crippen molar-refractivity contribution in [1.82, 2.24) is 24.6 Å². The molecule has 31 heavy (non-hydrogen) atoms. The van der Waals surface area contributed by atoms with Gasteiger partial charge in [-0.1, -0.05) is 45.7 Å². The number of aromatic nitrogens is 3. The zero-order chi connectivity index (χ0) is 22.2. The van der Waals surface area contributed by atoms with E-state index in [1.165, 1.54) is 6.33 Å². The number of carbonyl (C=O) groups excluding carboxylic acids is 2. The van der Waals surface area contributed by atoms with Gasteiger partial charge >= 0.3 is 0 Å². The molecule has 1 saturated heterocycles. The molecule has 1 fully saturated rings. The Hall–Kier alpha value is -2.71. The lowest BCUT2D eigenvalue weighted by molar-refractivity contribution is 0.0160. The standard InChI is InChI=1S/C22H21BrClN5O2/c1-22(2)13-27(20(30)15-10-16(23)12-17(24)11-15)8-9-28(22)21(31)19-25-14-29(26-19)18-6-4-3-5-7-18/h3-7,10-12,14H,8-9,13H2,1-2H3. The summed E-state index contributed by atoms with van der Waals surface area (Å²) in [5.74, 6) is -0.234. The predicted molar refractivity (Wildman–Crippen MR) is 122 cm³/mol. The molecule has 2 heterocycles. The molecule has 0 unspecified atom stereocenters. The smallest absolute Gasteiger partial charge is 0.294 e. The number of halogens is 2. The highest BCUT2D eigenvalue weighted by Crippen LogP contribution is 2.26. The van der Waals surface area contributed by atoms with Crippen LogP contribution in [0.15, 0.2) is 59.3 Å². The van der Waals surface area contributed by atoms with E-state index in [-0.39, 0.29) is 17.6 Å². The van der Waals surface area contributed by atoms with Crippen molar-refractivity contribution < 1.29 is 9.59 Å². The molecule has 1 aliphatic heterocycles. The average Bonchev–Trinajstić information content (AvgIpc) is 3.22. The number of hydrogen-bond donors (Lipinski definition) is 0. The molecule has 7 nitrogen and oxygen atoms in total. The molecule has 160 valence electrons. The van der Waals surface area contributed by atoms with E-state index in [0.29, 0.717) is 30.2 Å². The molecular weight excluding hydrogens is 482 g/mol. The third-order valence-corrected chi connectivity index (χ3v) is 5.92. The van der Waals surface area contributed by atoms with Crippen molar-refractivity contribution in [1.29, 1.82) is 0 Å². The molecule has 0 aliphatic carbocycles. The van der Waals surface area contributed by atoms with Crippen LogP contribution in [0.25, 0.3) is 5.69 Å². The van der Waals surface area contributed by atoms with Crippen LogP contribution in [0.3, 0.4) is 0 Å². The third-order valence-electron chi connectivity index (χ3n) is 5.25. The van der Waals surface area contributed by atoms with Crippen molar-refractivity contribution in [3.63, 3.8) is 0 Å². The fraction of sp³-hybridized carbons (Fsp3) is 0.273. The number of carbonyl (C=O) groups is 2. The van der Waals surface area contributed by atoms with E-state index < -0.39 is 5.54 Å². The molecule has 2 aromatic carbocycles. The zero-order valence-corrected chi connectivity index (χ0v) is 19.5. The van der Waals surface area contributed by atoms with Crippen molar-refractivity contribution in [2.75, 3.05) is 19.6 Å². The summed E-state index contributed by atoms with van der Waals surface area (Å²) < 4.78 is 2.33. The number of hydrogen-bond acceptors (Lipinski definition) is 4. The molecule has 1 aromatic heterocycles. The van der Waals surface area contributed by atoms with Gasteiger partial charge in [-0.15, -0.1) is 5.10 Å². The van der Waals surface area contributed by atoms with Crippen LogP contribution in [-0.4, -0.2) is 61.6 Å². The summed E-state index contributed by atoms with van der Waals surface area (Å²) >= 11 is 9.48. The van der Waals surface area contributed by atoms with Gasteiger partial charge in [0.05, 0.1) is 11.2 Å². The summed E-state index contributed by atoms with van der Waals surface area (Å²) in [7, 11) is 0. The van der Waals surface area contributed by atoms with E-state index in [2.05, 4.69) is 26.0 Å². The Morgan fingerprint density at radius 2 is 1.81 bits per heavy atom. The second kappa shape index (κ2) is 8.43. The highest BCUT2D eigenvalue weighted by molar-refractivity contribution is 9.10. The van der Waals surface area contributed by atoms with Gasteiger partial charge < -0.3 is 9.80 Å². The van der Waals surface area contributed by atoms with Gasteiger partial charge in [-0.25, -0.2) is 9.67 Å². The van der Waals surface area contributed by atoms with Crippen molar-refractivity contribution in [2.45, 2.75) is 19.4 Å². The molecule has 3 aromatic rings. The van der Waals surface area contributed by atoms with E-state index in [1.807, 2.05) is 44.2 Å². The molecule has 0 atom stereocenters. The normalized spacial score (nSPS) is 15.7. The number of para-hydroxylation sites is 1. The third kappa shape index (κ3) is 4.50. The molecule has 4 rings (SSSR count). The van der Waals surface area contributed by atoms with Crippen LogP contribution in [0.2, 0.25) is 5.02 Å². The summed E-state index contributed by atoms with van der Waals surface area (Å²) in [6.07, 6.45) is 1.53. The van der Waals surface area contributed by atoms with Gasteiger partial charge in [0.2, 0.25) is 5.82 Å². The molecule has 0 saturated carbocycles. The van der Waals surface area contributed by atoms with Crippen LogP contribution >= 0.6 is 27.5 Å². The summed E-state index contributed by atoms with van der Waals surface area (Å²) in [6, 6.07) is 14.6. The maximum Gasteiger partial charge on any atom is 0.294 e. The quantitative estimate of drug-likeness (QED) is 0.541. The fourth-order valence-corrected chi connectivity index (χ4v) is 4.61. The summed E-state index contributed by atoms with van der Waals surface area (Å²) in [6.45, 7) is 5.07. The molecule has 0 N–H and O–H groups in total. The second-order valence-corrected chi connectivity index (χ2v) is 9.35. The van der Waals surface area contributed by atoms with E-state index in [1.54, 1.807) is 32.7 Å². The highest BCUT2D eigenvalue weighted by atomic mass is 79.9. The van der Waals surface area contributed by atoms with Crippen LogP contribution in [0.1, 0.15) is 34.8 Å². The van der Waals surface area contributed by atoms with Crippen LogP contribution in [-0.2, 0) is 0 Å². The van der Waals surface area contributed by atoms with E-state index in [4.69, 9.17) is 11.6 Å². The van der Waals surface area contributed by atoms with Gasteiger partial charge in [0.15, 0.2) is 0 Å². The van der Waals surface area contributed by atoms with Crippen molar-refractivity contribution in [3.05, 3.63) is 75.7 Å². The number of benzene rings is 2. The minimum atomic E-state index is -0.584. The van der Waals surface area contributed by atoms with Crippen LogP contribution in [0.5, 0.6) is 0 Å². The maximum absolute atomic E-state index is 13.2. The maximum atomic E-state index is 13.2. The lowest BCUT2D eigenvalue weighted by Crippen LogP contribution is -2.62. The second-order valence-electron chi connectivity index (χ2n) is 8.00. The van der Waals surface area contributed by atoms with E-state index >= 15 is 0 Å². The average molecular weight is 503 g/mol. The molecule has 2 amide bonds. The molecule has 1 aliphatic rings.